The van der Waals surface area contributed by atoms with E-state index in [9.17, 15) is 4.79 Å². The molecule has 0 saturated carbocycles. The maximum atomic E-state index is 13.1. The molecule has 1 aliphatic rings. The van der Waals surface area contributed by atoms with Crippen molar-refractivity contribution in [1.82, 2.24) is 14.7 Å². The molecular formula is C46H91N4O+. The summed E-state index contributed by atoms with van der Waals surface area (Å²) in [6.07, 6.45) is 47.8. The third kappa shape index (κ3) is 32.0. The van der Waals surface area contributed by atoms with Gasteiger partial charge in [-0.2, -0.15) is 0 Å². The summed E-state index contributed by atoms with van der Waals surface area (Å²) in [4.78, 5) is 21.8. The summed E-state index contributed by atoms with van der Waals surface area (Å²) in [7, 11) is 4.18. The highest BCUT2D eigenvalue weighted by molar-refractivity contribution is 5.77. The number of quaternary nitrogens is 1. The van der Waals surface area contributed by atoms with Crippen LogP contribution in [0.15, 0.2) is 24.3 Å². The van der Waals surface area contributed by atoms with Gasteiger partial charge < -0.3 is 19.6 Å². The van der Waals surface area contributed by atoms with Crippen LogP contribution in [0.5, 0.6) is 0 Å². The molecule has 1 aliphatic heterocycles. The Morgan fingerprint density at radius 2 is 0.725 bits per heavy atom. The summed E-state index contributed by atoms with van der Waals surface area (Å²) < 4.78 is 0. The molecule has 0 aliphatic carbocycles. The topological polar surface area (TPSA) is 31.2 Å². The molecule has 5 nitrogen and oxygen atoms in total. The molecule has 1 N–H and O–H groups in total. The van der Waals surface area contributed by atoms with Gasteiger partial charge in [-0.25, -0.2) is 0 Å². The number of carbonyl (C=O) groups excluding carboxylic acids is 1. The fourth-order valence-corrected chi connectivity index (χ4v) is 7.42. The molecule has 0 bridgehead atoms. The van der Waals surface area contributed by atoms with Crippen LogP contribution in [0.25, 0.3) is 0 Å². The zero-order chi connectivity index (χ0) is 36.9. The first-order chi connectivity index (χ1) is 25.1. The largest absolute Gasteiger partial charge is 0.335 e. The lowest BCUT2D eigenvalue weighted by Crippen LogP contribution is -3.07. The van der Waals surface area contributed by atoms with E-state index >= 15 is 0 Å². The molecule has 0 aromatic carbocycles. The van der Waals surface area contributed by atoms with Crippen molar-refractivity contribution in [3.63, 3.8) is 0 Å². The Balaban J connectivity index is 2.23. The first kappa shape index (κ1) is 47.9. The molecule has 0 aromatic rings. The van der Waals surface area contributed by atoms with Gasteiger partial charge in [-0.3, -0.25) is 4.79 Å². The second kappa shape index (κ2) is 37.2. The molecule has 0 spiro atoms. The smallest absolute Gasteiger partial charge is 0.277 e. The molecule has 1 rings (SSSR count). The third-order valence-electron chi connectivity index (χ3n) is 10.9. The number of carbonyl (C=O) groups is 1. The van der Waals surface area contributed by atoms with E-state index in [1.54, 1.807) is 0 Å². The van der Waals surface area contributed by atoms with Crippen molar-refractivity contribution in [2.45, 2.75) is 194 Å². The molecule has 0 radical (unpaired) electrons. The summed E-state index contributed by atoms with van der Waals surface area (Å²) >= 11 is 0. The number of rotatable bonds is 34. The van der Waals surface area contributed by atoms with Crippen LogP contribution in [0.1, 0.15) is 194 Å². The van der Waals surface area contributed by atoms with Gasteiger partial charge in [-0.1, -0.05) is 154 Å². The van der Waals surface area contributed by atoms with E-state index < -0.39 is 0 Å². The van der Waals surface area contributed by atoms with Gasteiger partial charge in [0.2, 0.25) is 0 Å². The quantitative estimate of drug-likeness (QED) is 0.0532. The molecule has 300 valence electrons. The maximum Gasteiger partial charge on any atom is 0.277 e. The van der Waals surface area contributed by atoms with Gasteiger partial charge in [-0.05, 0) is 77.3 Å². The van der Waals surface area contributed by atoms with Crippen molar-refractivity contribution in [2.75, 3.05) is 73.0 Å². The fraction of sp³-hybridized carbons (Fsp3) is 0.891. The highest BCUT2D eigenvalue weighted by atomic mass is 16.2. The van der Waals surface area contributed by atoms with Gasteiger partial charge in [-0.15, -0.1) is 0 Å². The van der Waals surface area contributed by atoms with Crippen LogP contribution in [0.4, 0.5) is 0 Å². The van der Waals surface area contributed by atoms with Crippen molar-refractivity contribution in [1.29, 1.82) is 0 Å². The molecule has 1 saturated heterocycles. The number of allylic oxidation sites excluding steroid dienone is 4. The number of hydrogen-bond acceptors (Lipinski definition) is 3. The minimum Gasteiger partial charge on any atom is -0.335 e. The summed E-state index contributed by atoms with van der Waals surface area (Å²) in [5, 5.41) is 0. The van der Waals surface area contributed by atoms with E-state index in [0.29, 0.717) is 12.5 Å². The maximum absolute atomic E-state index is 13.1. The van der Waals surface area contributed by atoms with E-state index in [2.05, 4.69) is 66.9 Å². The summed E-state index contributed by atoms with van der Waals surface area (Å²) in [6, 6.07) is 0. The van der Waals surface area contributed by atoms with E-state index in [-0.39, 0.29) is 0 Å². The van der Waals surface area contributed by atoms with Crippen molar-refractivity contribution in [3.8, 4) is 0 Å². The minimum absolute atomic E-state index is 0.325. The first-order valence-corrected chi connectivity index (χ1v) is 22.9. The molecule has 1 fully saturated rings. The van der Waals surface area contributed by atoms with Gasteiger partial charge in [0.15, 0.2) is 6.54 Å². The second-order valence-corrected chi connectivity index (χ2v) is 16.3. The average molecular weight is 716 g/mol. The Morgan fingerprint density at radius 1 is 0.431 bits per heavy atom. The lowest BCUT2D eigenvalue weighted by atomic mass is 10.1. The average Bonchev–Trinajstić information content (AvgIpc) is 3.21. The number of unbranched alkanes of at least 4 members (excludes halogenated alkanes) is 24. The summed E-state index contributed by atoms with van der Waals surface area (Å²) in [5.41, 5.74) is 0. The van der Waals surface area contributed by atoms with Crippen LogP contribution in [0.3, 0.4) is 0 Å². The second-order valence-electron chi connectivity index (χ2n) is 16.3. The van der Waals surface area contributed by atoms with Crippen molar-refractivity contribution in [3.05, 3.63) is 24.3 Å². The van der Waals surface area contributed by atoms with E-state index in [1.165, 1.54) is 198 Å². The van der Waals surface area contributed by atoms with E-state index in [1.807, 2.05) is 0 Å². The van der Waals surface area contributed by atoms with Crippen molar-refractivity contribution in [2.24, 2.45) is 0 Å². The molecule has 0 atom stereocenters. The normalized spacial score (nSPS) is 15.4. The highest BCUT2D eigenvalue weighted by Crippen LogP contribution is 2.13. The number of hydrogen-bond donors (Lipinski definition) is 1. The number of amides is 1. The molecular weight excluding hydrogens is 625 g/mol. The Kier molecular flexibility index (Phi) is 34.9. The SMILES string of the molecule is CCCCCCCC/C=C\CCCCCCCCN1CCN(CCCCCCCC/C=C\CCCCCCCC)CCN(C(=O)C[NH+](C)C)CC1. The lowest BCUT2D eigenvalue weighted by molar-refractivity contribution is -0.849. The summed E-state index contributed by atoms with van der Waals surface area (Å²) in [5.74, 6) is 0.325. The number of nitrogens with zero attached hydrogens (tertiary/aromatic N) is 3. The summed E-state index contributed by atoms with van der Waals surface area (Å²) in [6.45, 7) is 13.7. The molecule has 1 heterocycles. The van der Waals surface area contributed by atoms with Crippen LogP contribution < -0.4 is 4.90 Å². The molecule has 5 heteroatoms. The monoisotopic (exact) mass is 716 g/mol. The van der Waals surface area contributed by atoms with Crippen molar-refractivity contribution >= 4 is 5.91 Å². The van der Waals surface area contributed by atoms with Gasteiger partial charge in [0.1, 0.15) is 0 Å². The van der Waals surface area contributed by atoms with Gasteiger partial charge in [0, 0.05) is 39.3 Å². The van der Waals surface area contributed by atoms with E-state index in [0.717, 1.165) is 39.3 Å². The fourth-order valence-electron chi connectivity index (χ4n) is 7.42. The van der Waals surface area contributed by atoms with Crippen LogP contribution >= 0.6 is 0 Å². The van der Waals surface area contributed by atoms with E-state index in [4.69, 9.17) is 0 Å². The zero-order valence-electron chi connectivity index (χ0n) is 35.2. The van der Waals surface area contributed by atoms with Crippen molar-refractivity contribution < 1.29 is 9.69 Å². The Hall–Kier alpha value is -1.17. The van der Waals surface area contributed by atoms with Gasteiger partial charge in [0.25, 0.3) is 5.91 Å². The highest BCUT2D eigenvalue weighted by Gasteiger charge is 2.21. The van der Waals surface area contributed by atoms with Crippen LogP contribution in [-0.2, 0) is 4.79 Å². The Bertz CT molecular complexity index is 742. The lowest BCUT2D eigenvalue weighted by Gasteiger charge is -2.26. The number of nitrogens with one attached hydrogen (secondary N) is 1. The Morgan fingerprint density at radius 3 is 1.06 bits per heavy atom. The predicted molar refractivity (Wildman–Crippen MR) is 226 cm³/mol. The first-order valence-electron chi connectivity index (χ1n) is 22.9. The predicted octanol–water partition coefficient (Wildman–Crippen LogP) is 10.7. The standard InChI is InChI=1S/C46H90N4O/c1-5-7-9-11-13-15-17-19-21-23-25-27-29-31-33-35-37-48-39-40-49(42-44-50(43-41-48)46(51)45-47(3)4)38-36-34-32-30-28-26-24-22-20-18-16-14-12-10-8-6-2/h19-22H,5-18,23-45H2,1-4H3/p+1/b21-19-,22-20-. The molecule has 51 heavy (non-hydrogen) atoms. The van der Waals surface area contributed by atoms with Crippen LogP contribution in [0, 0.1) is 0 Å². The molecule has 0 unspecified atom stereocenters. The third-order valence-corrected chi connectivity index (χ3v) is 10.9. The van der Waals surface area contributed by atoms with Crippen LogP contribution in [-0.4, -0.2) is 93.6 Å². The molecule has 0 aromatic heterocycles. The van der Waals surface area contributed by atoms with Gasteiger partial charge in [0.05, 0.1) is 14.1 Å². The zero-order valence-corrected chi connectivity index (χ0v) is 35.2. The number of likely N-dealkylation sites (N-methyl/N-ethyl adjacent to an activating group) is 1. The molecule has 1 amide bonds. The van der Waals surface area contributed by atoms with Crippen LogP contribution in [0.2, 0.25) is 0 Å². The van der Waals surface area contributed by atoms with Gasteiger partial charge >= 0.3 is 0 Å². The minimum atomic E-state index is 0.325. The Labute approximate surface area is 320 Å².